The zero-order chi connectivity index (χ0) is 29.2. The lowest BCUT2D eigenvalue weighted by molar-refractivity contribution is -0.143. The monoisotopic (exact) mass is 571 g/mol. The van der Waals surface area contributed by atoms with Crippen LogP contribution < -0.4 is 5.32 Å². The number of pyridine rings is 1. The van der Waals surface area contributed by atoms with Gasteiger partial charge in [0.1, 0.15) is 11.9 Å². The lowest BCUT2D eigenvalue weighted by Gasteiger charge is -2.38. The van der Waals surface area contributed by atoms with E-state index in [-0.39, 0.29) is 25.5 Å². The van der Waals surface area contributed by atoms with Crippen molar-refractivity contribution in [2.24, 2.45) is 5.92 Å². The van der Waals surface area contributed by atoms with E-state index in [2.05, 4.69) is 16.4 Å². The number of hydrogen-bond acceptors (Lipinski definition) is 6. The van der Waals surface area contributed by atoms with E-state index in [4.69, 9.17) is 9.47 Å². The molecule has 3 atom stereocenters. The van der Waals surface area contributed by atoms with E-state index in [0.717, 1.165) is 42.0 Å². The van der Waals surface area contributed by atoms with E-state index in [0.29, 0.717) is 44.4 Å². The molecule has 4 heterocycles. The summed E-state index contributed by atoms with van der Waals surface area (Å²) < 4.78 is 42.5. The number of carbonyl (C=O) groups is 1. The number of aliphatic carboxylic acids is 1. The fourth-order valence-corrected chi connectivity index (χ4v) is 6.54. The lowest BCUT2D eigenvalue weighted by Crippen LogP contribution is -2.44. The molecule has 5 rings (SSSR count). The number of nitrogens with one attached hydrogen (secondary N) is 1. The van der Waals surface area contributed by atoms with Crippen LogP contribution in [-0.2, 0) is 40.1 Å². The maximum Gasteiger partial charge on any atom is 0.325 e. The van der Waals surface area contributed by atoms with Gasteiger partial charge in [-0.05, 0) is 87.2 Å². The van der Waals surface area contributed by atoms with Crippen molar-refractivity contribution in [3.05, 3.63) is 58.3 Å². The number of benzene rings is 1. The SMILES string of the molecule is COC(C)(C)C1Cc2c(cccc2C(C(=O)O)N2CC[C@@H](C(F)(F)CCCCc3ccc4c(n3)NCCC4)C2)CO1. The van der Waals surface area contributed by atoms with Crippen molar-refractivity contribution in [2.45, 2.75) is 95.5 Å². The summed E-state index contributed by atoms with van der Waals surface area (Å²) in [4.78, 5) is 19.0. The van der Waals surface area contributed by atoms with E-state index in [1.807, 2.05) is 38.1 Å². The molecule has 0 saturated carbocycles. The Morgan fingerprint density at radius 3 is 2.85 bits per heavy atom. The molecule has 0 amide bonds. The van der Waals surface area contributed by atoms with Gasteiger partial charge in [0.15, 0.2) is 0 Å². The Kier molecular flexibility index (Phi) is 8.97. The number of aromatic nitrogens is 1. The van der Waals surface area contributed by atoms with E-state index < -0.39 is 29.5 Å². The fourth-order valence-electron chi connectivity index (χ4n) is 6.54. The molecular formula is C32H43F2N3O4. The van der Waals surface area contributed by atoms with Gasteiger partial charge in [0.2, 0.25) is 0 Å². The molecule has 1 fully saturated rings. The molecule has 0 bridgehead atoms. The molecule has 0 spiro atoms. The summed E-state index contributed by atoms with van der Waals surface area (Å²) in [5, 5.41) is 13.6. The molecule has 0 radical (unpaired) electrons. The second kappa shape index (κ2) is 12.3. The van der Waals surface area contributed by atoms with Crippen LogP contribution in [0.3, 0.4) is 0 Å². The van der Waals surface area contributed by atoms with Crippen molar-refractivity contribution in [3.63, 3.8) is 0 Å². The molecule has 9 heteroatoms. The van der Waals surface area contributed by atoms with Crippen LogP contribution in [0.15, 0.2) is 30.3 Å². The number of hydrogen-bond donors (Lipinski definition) is 2. The number of anilines is 1. The first-order valence-electron chi connectivity index (χ1n) is 14.9. The minimum atomic E-state index is -2.85. The Hall–Kier alpha value is -2.62. The summed E-state index contributed by atoms with van der Waals surface area (Å²) in [6.07, 6.45) is 4.21. The number of methoxy groups -OCH3 is 1. The van der Waals surface area contributed by atoms with Gasteiger partial charge in [-0.2, -0.15) is 0 Å². The summed E-state index contributed by atoms with van der Waals surface area (Å²) in [6, 6.07) is 8.75. The Bertz CT molecular complexity index is 1240. The minimum Gasteiger partial charge on any atom is -0.480 e. The number of nitrogens with zero attached hydrogens (tertiary/aromatic N) is 2. The Balaban J connectivity index is 1.21. The quantitative estimate of drug-likeness (QED) is 0.330. The van der Waals surface area contributed by atoms with Gasteiger partial charge in [-0.3, -0.25) is 9.69 Å². The van der Waals surface area contributed by atoms with Crippen LogP contribution in [0, 0.1) is 5.92 Å². The zero-order valence-corrected chi connectivity index (χ0v) is 24.4. The van der Waals surface area contributed by atoms with Gasteiger partial charge in [-0.1, -0.05) is 24.3 Å². The van der Waals surface area contributed by atoms with Crippen LogP contribution in [0.5, 0.6) is 0 Å². The second-order valence-electron chi connectivity index (χ2n) is 12.3. The zero-order valence-electron chi connectivity index (χ0n) is 24.4. The van der Waals surface area contributed by atoms with Gasteiger partial charge >= 0.3 is 5.97 Å². The molecule has 2 aromatic rings. The van der Waals surface area contributed by atoms with Crippen molar-refractivity contribution in [3.8, 4) is 0 Å². The molecule has 1 aromatic carbocycles. The summed E-state index contributed by atoms with van der Waals surface area (Å²) in [7, 11) is 1.64. The molecule has 3 aliphatic rings. The second-order valence-corrected chi connectivity index (χ2v) is 12.3. The van der Waals surface area contributed by atoms with Crippen LogP contribution in [0.1, 0.15) is 79.9 Å². The highest BCUT2D eigenvalue weighted by atomic mass is 19.3. The van der Waals surface area contributed by atoms with E-state index in [9.17, 15) is 9.90 Å². The fraction of sp³-hybridized carbons (Fsp3) is 0.625. The van der Waals surface area contributed by atoms with E-state index in [1.54, 1.807) is 12.0 Å². The molecule has 1 aromatic heterocycles. The van der Waals surface area contributed by atoms with Gasteiger partial charge in [-0.25, -0.2) is 13.8 Å². The summed E-state index contributed by atoms with van der Waals surface area (Å²) in [6.45, 7) is 5.59. The largest absolute Gasteiger partial charge is 0.480 e. The number of aryl methyl sites for hydroxylation is 2. The molecule has 2 unspecified atom stereocenters. The smallest absolute Gasteiger partial charge is 0.325 e. The number of alkyl halides is 2. The third-order valence-electron chi connectivity index (χ3n) is 9.30. The minimum absolute atomic E-state index is 0.0647. The molecule has 1 saturated heterocycles. The summed E-state index contributed by atoms with van der Waals surface area (Å²) >= 11 is 0. The first-order chi connectivity index (χ1) is 19.6. The van der Waals surface area contributed by atoms with Gasteiger partial charge in [-0.15, -0.1) is 0 Å². The third kappa shape index (κ3) is 6.57. The molecule has 2 N–H and O–H groups in total. The lowest BCUT2D eigenvalue weighted by atomic mass is 9.85. The third-order valence-corrected chi connectivity index (χ3v) is 9.30. The molecule has 3 aliphatic heterocycles. The van der Waals surface area contributed by atoms with E-state index >= 15 is 8.78 Å². The van der Waals surface area contributed by atoms with E-state index in [1.165, 1.54) is 5.56 Å². The highest BCUT2D eigenvalue weighted by Crippen LogP contribution is 2.41. The number of fused-ring (bicyclic) bond motifs is 2. The summed E-state index contributed by atoms with van der Waals surface area (Å²) in [5.41, 5.74) is 4.17. The first kappa shape index (κ1) is 29.9. The van der Waals surface area contributed by atoms with Crippen LogP contribution >= 0.6 is 0 Å². The number of likely N-dealkylation sites (tertiary alicyclic amines) is 1. The standard InChI is InChI=1S/C32H43F2N3O4/c1-31(2,40-3)27-18-26-22(20-41-27)8-6-11-25(26)28(30(38)39)37-17-14-23(19-37)32(33,34)15-5-4-10-24-13-12-21-9-7-16-35-29(21)36-24/h6,8,11-13,23,27-28H,4-5,7,9-10,14-20H2,1-3H3,(H,35,36)(H,38,39)/t23-,27?,28?/m1/s1. The predicted molar refractivity (Wildman–Crippen MR) is 153 cm³/mol. The van der Waals surface area contributed by atoms with Crippen LogP contribution in [0.25, 0.3) is 0 Å². The Morgan fingerprint density at radius 2 is 2.07 bits per heavy atom. The average molecular weight is 572 g/mol. The topological polar surface area (TPSA) is 83.9 Å². The highest BCUT2D eigenvalue weighted by molar-refractivity contribution is 5.76. The first-order valence-corrected chi connectivity index (χ1v) is 14.9. The molecule has 7 nitrogen and oxygen atoms in total. The van der Waals surface area contributed by atoms with Crippen LogP contribution in [0.2, 0.25) is 0 Å². The normalized spacial score (nSPS) is 22.1. The predicted octanol–water partition coefficient (Wildman–Crippen LogP) is 5.80. The molecule has 224 valence electrons. The molecule has 41 heavy (non-hydrogen) atoms. The van der Waals surface area contributed by atoms with Crippen LogP contribution in [-0.4, -0.2) is 65.3 Å². The number of ether oxygens (including phenoxy) is 2. The van der Waals surface area contributed by atoms with Crippen molar-refractivity contribution >= 4 is 11.8 Å². The Labute approximate surface area is 241 Å². The number of carboxylic acids is 1. The summed E-state index contributed by atoms with van der Waals surface area (Å²) in [5.74, 6) is -3.79. The number of halogens is 2. The Morgan fingerprint density at radius 1 is 1.24 bits per heavy atom. The molecule has 0 aliphatic carbocycles. The molecular weight excluding hydrogens is 528 g/mol. The van der Waals surface area contributed by atoms with Crippen molar-refractivity contribution in [1.82, 2.24) is 9.88 Å². The van der Waals surface area contributed by atoms with Crippen LogP contribution in [0.4, 0.5) is 14.6 Å². The number of rotatable bonds is 11. The maximum atomic E-state index is 15.4. The van der Waals surface area contributed by atoms with Gasteiger partial charge in [0.05, 0.1) is 18.3 Å². The number of unbranched alkanes of at least 4 members (excludes halogenated alkanes) is 1. The van der Waals surface area contributed by atoms with Gasteiger partial charge in [0, 0.05) is 44.7 Å². The highest BCUT2D eigenvalue weighted by Gasteiger charge is 2.46. The van der Waals surface area contributed by atoms with Gasteiger partial charge < -0.3 is 19.9 Å². The number of carboxylic acid groups (broad SMARTS) is 1. The maximum absolute atomic E-state index is 15.4. The average Bonchev–Trinajstić information content (AvgIpc) is 3.46. The van der Waals surface area contributed by atoms with Crippen molar-refractivity contribution < 1.29 is 28.2 Å². The van der Waals surface area contributed by atoms with Crippen molar-refractivity contribution in [2.75, 3.05) is 32.1 Å². The van der Waals surface area contributed by atoms with Crippen molar-refractivity contribution in [1.29, 1.82) is 0 Å². The van der Waals surface area contributed by atoms with Gasteiger partial charge in [0.25, 0.3) is 5.92 Å².